The fourth-order valence-electron chi connectivity index (χ4n) is 2.47. The molecule has 0 heterocycles. The molecular weight excluding hydrogens is 370 g/mol. The molecule has 8 heteroatoms. The maximum Gasteiger partial charge on any atom is 0.333 e. The van der Waals surface area contributed by atoms with E-state index < -0.39 is 15.9 Å². The highest BCUT2D eigenvalue weighted by Gasteiger charge is 2.12. The summed E-state index contributed by atoms with van der Waals surface area (Å²) in [5.41, 5.74) is 0.432. The van der Waals surface area contributed by atoms with E-state index in [1.165, 1.54) is 4.90 Å². The van der Waals surface area contributed by atoms with Crippen molar-refractivity contribution in [2.75, 3.05) is 26.0 Å². The summed E-state index contributed by atoms with van der Waals surface area (Å²) in [4.78, 5) is 24.3. The monoisotopic (exact) mass is 405 g/mol. The lowest BCUT2D eigenvalue weighted by Gasteiger charge is -2.16. The fourth-order valence-corrected chi connectivity index (χ4v) is 2.98. The van der Waals surface area contributed by atoms with Crippen LogP contribution in [0.5, 0.6) is 0 Å². The molecule has 0 radical (unpaired) electrons. The van der Waals surface area contributed by atoms with Crippen LogP contribution in [-0.4, -0.2) is 55.7 Å². The first-order chi connectivity index (χ1) is 12.6. The third-order valence-electron chi connectivity index (χ3n) is 4.23. The lowest BCUT2D eigenvalue weighted by atomic mass is 10.1. The molecule has 0 bridgehead atoms. The number of rotatable bonds is 16. The quantitative estimate of drug-likeness (QED) is 0.183. The minimum absolute atomic E-state index is 0.0179. The second kappa shape index (κ2) is 14.6. The molecule has 0 aromatic carbocycles. The van der Waals surface area contributed by atoms with Gasteiger partial charge in [-0.3, -0.25) is 9.35 Å². The summed E-state index contributed by atoms with van der Waals surface area (Å²) in [6, 6.07) is 0. The Hall–Kier alpha value is -1.41. The molecule has 0 rings (SSSR count). The number of hydrogen-bond donors (Lipinski definition) is 1. The summed E-state index contributed by atoms with van der Waals surface area (Å²) in [5, 5.41) is 0. The van der Waals surface area contributed by atoms with Gasteiger partial charge in [-0.15, -0.1) is 0 Å². The van der Waals surface area contributed by atoms with Crippen molar-refractivity contribution in [1.29, 1.82) is 0 Å². The topological polar surface area (TPSA) is 101 Å². The zero-order valence-electron chi connectivity index (χ0n) is 16.7. The second-order valence-corrected chi connectivity index (χ2v) is 8.52. The fraction of sp³-hybridized carbons (Fsp3) is 0.789. The van der Waals surface area contributed by atoms with Gasteiger partial charge < -0.3 is 9.64 Å². The van der Waals surface area contributed by atoms with Gasteiger partial charge >= 0.3 is 5.97 Å². The molecule has 0 spiro atoms. The molecule has 0 saturated carbocycles. The van der Waals surface area contributed by atoms with Gasteiger partial charge in [0.25, 0.3) is 10.1 Å². The van der Waals surface area contributed by atoms with E-state index in [0.717, 1.165) is 57.8 Å². The zero-order chi connectivity index (χ0) is 20.7. The molecular formula is C19H35NO6S. The molecule has 0 aliphatic carbocycles. The Morgan fingerprint density at radius 3 is 1.93 bits per heavy atom. The molecule has 27 heavy (non-hydrogen) atoms. The van der Waals surface area contributed by atoms with Crippen molar-refractivity contribution in [1.82, 2.24) is 4.90 Å². The molecule has 1 amide bonds. The normalized spacial score (nSPS) is 11.2. The highest BCUT2D eigenvalue weighted by atomic mass is 32.2. The zero-order valence-corrected chi connectivity index (χ0v) is 17.6. The summed E-state index contributed by atoms with van der Waals surface area (Å²) in [6.45, 7) is 5.65. The van der Waals surface area contributed by atoms with E-state index in [2.05, 4.69) is 6.58 Å². The molecule has 0 aromatic heterocycles. The van der Waals surface area contributed by atoms with Crippen LogP contribution in [0.15, 0.2) is 12.2 Å². The van der Waals surface area contributed by atoms with Crippen molar-refractivity contribution in [2.24, 2.45) is 0 Å². The van der Waals surface area contributed by atoms with E-state index >= 15 is 0 Å². The maximum absolute atomic E-state index is 11.8. The van der Waals surface area contributed by atoms with Gasteiger partial charge in [0.2, 0.25) is 5.91 Å². The minimum Gasteiger partial charge on any atom is -0.462 e. The third kappa shape index (κ3) is 16.5. The number of amides is 1. The van der Waals surface area contributed by atoms with Crippen molar-refractivity contribution >= 4 is 22.0 Å². The highest BCUT2D eigenvalue weighted by molar-refractivity contribution is 7.85. The average molecular weight is 406 g/mol. The van der Waals surface area contributed by atoms with E-state index in [1.54, 1.807) is 14.0 Å². The van der Waals surface area contributed by atoms with E-state index in [9.17, 15) is 18.0 Å². The van der Waals surface area contributed by atoms with Crippen molar-refractivity contribution in [3.63, 3.8) is 0 Å². The SMILES string of the molecule is C=C(C)C(=O)OCCCCCCCCCCCC(=O)N(C)CCS(=O)(=O)O. The molecule has 0 atom stereocenters. The third-order valence-corrected chi connectivity index (χ3v) is 4.93. The first-order valence-electron chi connectivity index (χ1n) is 9.65. The summed E-state index contributed by atoms with van der Waals surface area (Å²) < 4.78 is 35.0. The number of nitrogens with zero attached hydrogens (tertiary/aromatic N) is 1. The van der Waals surface area contributed by atoms with Crippen LogP contribution in [0.4, 0.5) is 0 Å². The van der Waals surface area contributed by atoms with Crippen LogP contribution >= 0.6 is 0 Å². The summed E-state index contributed by atoms with van der Waals surface area (Å²) in [7, 11) is -2.48. The van der Waals surface area contributed by atoms with E-state index in [1.807, 2.05) is 0 Å². The molecule has 0 aliphatic heterocycles. The van der Waals surface area contributed by atoms with Crippen LogP contribution in [0.2, 0.25) is 0 Å². The van der Waals surface area contributed by atoms with E-state index in [-0.39, 0.29) is 18.4 Å². The molecule has 0 fully saturated rings. The smallest absolute Gasteiger partial charge is 0.333 e. The van der Waals surface area contributed by atoms with Gasteiger partial charge in [0.1, 0.15) is 0 Å². The first kappa shape index (κ1) is 25.6. The Bertz CT molecular complexity index is 559. The minimum atomic E-state index is -4.03. The molecule has 7 nitrogen and oxygen atoms in total. The summed E-state index contributed by atoms with van der Waals surface area (Å²) in [5.74, 6) is -0.838. The average Bonchev–Trinajstić information content (AvgIpc) is 2.59. The van der Waals surface area contributed by atoms with Gasteiger partial charge in [0.15, 0.2) is 0 Å². The van der Waals surface area contributed by atoms with Crippen LogP contribution in [0.1, 0.15) is 71.1 Å². The Morgan fingerprint density at radius 2 is 1.44 bits per heavy atom. The van der Waals surface area contributed by atoms with Crippen LogP contribution < -0.4 is 0 Å². The van der Waals surface area contributed by atoms with Gasteiger partial charge in [-0.2, -0.15) is 8.42 Å². The van der Waals surface area contributed by atoms with Gasteiger partial charge in [0, 0.05) is 25.6 Å². The van der Waals surface area contributed by atoms with Crippen LogP contribution in [0, 0.1) is 0 Å². The first-order valence-corrected chi connectivity index (χ1v) is 11.3. The Balaban J connectivity index is 3.43. The number of hydrogen-bond acceptors (Lipinski definition) is 5. The molecule has 0 aliphatic rings. The lowest BCUT2D eigenvalue weighted by molar-refractivity contribution is -0.139. The predicted molar refractivity (Wildman–Crippen MR) is 106 cm³/mol. The van der Waals surface area contributed by atoms with Crippen LogP contribution in [-0.2, 0) is 24.4 Å². The highest BCUT2D eigenvalue weighted by Crippen LogP contribution is 2.11. The number of ether oxygens (including phenoxy) is 1. The molecule has 0 unspecified atom stereocenters. The number of unbranched alkanes of at least 4 members (excludes halogenated alkanes) is 8. The Kier molecular flexibility index (Phi) is 13.9. The largest absolute Gasteiger partial charge is 0.462 e. The maximum atomic E-state index is 11.8. The number of carbonyl (C=O) groups is 2. The van der Waals surface area contributed by atoms with Gasteiger partial charge in [-0.05, 0) is 19.8 Å². The predicted octanol–water partition coefficient (Wildman–Crippen LogP) is 3.35. The van der Waals surface area contributed by atoms with Crippen LogP contribution in [0.25, 0.3) is 0 Å². The van der Waals surface area contributed by atoms with E-state index in [4.69, 9.17) is 9.29 Å². The Morgan fingerprint density at radius 1 is 0.963 bits per heavy atom. The lowest BCUT2D eigenvalue weighted by Crippen LogP contribution is -2.31. The summed E-state index contributed by atoms with van der Waals surface area (Å²) >= 11 is 0. The molecule has 158 valence electrons. The van der Waals surface area contributed by atoms with E-state index in [0.29, 0.717) is 18.6 Å². The van der Waals surface area contributed by atoms with Gasteiger partial charge in [-0.1, -0.05) is 51.5 Å². The summed E-state index contributed by atoms with van der Waals surface area (Å²) in [6.07, 6.45) is 9.78. The standard InChI is InChI=1S/C19H35NO6S/c1-17(2)19(22)26-15-12-10-8-6-4-5-7-9-11-13-18(21)20(3)14-16-27(23,24)25/h1,4-16H2,2-3H3,(H,23,24,25). The van der Waals surface area contributed by atoms with Crippen molar-refractivity contribution < 1.29 is 27.3 Å². The molecule has 0 aromatic rings. The molecule has 1 N–H and O–H groups in total. The second-order valence-electron chi connectivity index (χ2n) is 6.95. The number of carbonyl (C=O) groups excluding carboxylic acids is 2. The van der Waals surface area contributed by atoms with Gasteiger partial charge in [-0.25, -0.2) is 4.79 Å². The van der Waals surface area contributed by atoms with Crippen molar-refractivity contribution in [3.8, 4) is 0 Å². The van der Waals surface area contributed by atoms with Gasteiger partial charge in [0.05, 0.1) is 12.4 Å². The van der Waals surface area contributed by atoms with Crippen molar-refractivity contribution in [2.45, 2.75) is 71.1 Å². The Labute approximate surface area is 163 Å². The molecule has 0 saturated heterocycles. The van der Waals surface area contributed by atoms with Crippen LogP contribution in [0.3, 0.4) is 0 Å². The number of esters is 1. The van der Waals surface area contributed by atoms with Crippen molar-refractivity contribution in [3.05, 3.63) is 12.2 Å².